The lowest BCUT2D eigenvalue weighted by atomic mass is 9.76. The number of rotatable bonds is 1. The maximum absolute atomic E-state index is 3.64. The lowest BCUT2D eigenvalue weighted by Gasteiger charge is -2.35. The highest BCUT2D eigenvalue weighted by molar-refractivity contribution is 9.10. The molecular weight excluding hydrogens is 274 g/mol. The average molecular weight is 294 g/mol. The summed E-state index contributed by atoms with van der Waals surface area (Å²) in [5.74, 6) is 1.82. The van der Waals surface area contributed by atoms with Gasteiger partial charge in [-0.25, -0.2) is 0 Å². The van der Waals surface area contributed by atoms with Crippen LogP contribution in [0.25, 0.3) is 0 Å². The van der Waals surface area contributed by atoms with Crippen LogP contribution >= 0.6 is 15.9 Å². The Morgan fingerprint density at radius 2 is 1.88 bits per heavy atom. The van der Waals surface area contributed by atoms with E-state index in [1.807, 2.05) is 0 Å². The smallest absolute Gasteiger partial charge is 0.0517 e. The van der Waals surface area contributed by atoms with E-state index in [-0.39, 0.29) is 0 Å². The molecule has 1 N–H and O–H groups in total. The molecule has 2 heteroatoms. The Labute approximate surface area is 112 Å². The van der Waals surface area contributed by atoms with E-state index in [1.165, 1.54) is 60.8 Å². The molecule has 0 aromatic heterocycles. The van der Waals surface area contributed by atoms with Crippen LogP contribution in [0.1, 0.15) is 37.7 Å². The Balaban J connectivity index is 1.76. The topological polar surface area (TPSA) is 12.0 Å². The summed E-state index contributed by atoms with van der Waals surface area (Å²) in [5.41, 5.74) is 2.83. The Bertz CT molecular complexity index is 396. The van der Waals surface area contributed by atoms with Crippen LogP contribution in [0.4, 0.5) is 5.69 Å². The molecule has 1 aliphatic carbocycles. The minimum absolute atomic E-state index is 0.858. The summed E-state index contributed by atoms with van der Waals surface area (Å²) in [6.07, 6.45) is 8.54. The van der Waals surface area contributed by atoms with Crippen molar-refractivity contribution >= 4 is 21.6 Å². The predicted octanol–water partition coefficient (Wildman–Crippen LogP) is 4.61. The quantitative estimate of drug-likeness (QED) is 0.797. The van der Waals surface area contributed by atoms with Crippen molar-refractivity contribution in [2.45, 2.75) is 38.5 Å². The summed E-state index contributed by atoms with van der Waals surface area (Å²) < 4.78 is 1.22. The van der Waals surface area contributed by atoms with Crippen molar-refractivity contribution in [1.82, 2.24) is 0 Å². The van der Waals surface area contributed by atoms with Crippen LogP contribution in [0.2, 0.25) is 0 Å². The lowest BCUT2D eigenvalue weighted by Crippen LogP contribution is -2.30. The van der Waals surface area contributed by atoms with Crippen molar-refractivity contribution < 1.29 is 0 Å². The molecule has 1 fully saturated rings. The van der Waals surface area contributed by atoms with Gasteiger partial charge in [0.15, 0.2) is 0 Å². The van der Waals surface area contributed by atoms with E-state index in [0.29, 0.717) is 0 Å². The molecule has 92 valence electrons. The number of halogens is 1. The van der Waals surface area contributed by atoms with Gasteiger partial charge in [-0.05, 0) is 45.8 Å². The number of hydrogen-bond acceptors (Lipinski definition) is 1. The van der Waals surface area contributed by atoms with Crippen molar-refractivity contribution in [2.24, 2.45) is 11.8 Å². The highest BCUT2D eigenvalue weighted by Gasteiger charge is 2.27. The summed E-state index contributed by atoms with van der Waals surface area (Å²) in [6.45, 7) is 1.17. The molecule has 1 unspecified atom stereocenters. The van der Waals surface area contributed by atoms with Gasteiger partial charge < -0.3 is 5.32 Å². The summed E-state index contributed by atoms with van der Waals surface area (Å²) in [7, 11) is 0. The molecular formula is C15H20BrN. The molecule has 2 aliphatic rings. The van der Waals surface area contributed by atoms with Crippen molar-refractivity contribution in [2.75, 3.05) is 11.9 Å². The zero-order valence-corrected chi connectivity index (χ0v) is 11.8. The van der Waals surface area contributed by atoms with E-state index >= 15 is 0 Å². The first-order valence-electron chi connectivity index (χ1n) is 6.86. The first kappa shape index (κ1) is 11.6. The molecule has 1 aromatic rings. The van der Waals surface area contributed by atoms with E-state index in [4.69, 9.17) is 0 Å². The minimum Gasteiger partial charge on any atom is -0.384 e. The summed E-state index contributed by atoms with van der Waals surface area (Å²) >= 11 is 3.64. The molecule has 0 spiro atoms. The van der Waals surface area contributed by atoms with Crippen LogP contribution in [0.15, 0.2) is 22.7 Å². The van der Waals surface area contributed by atoms with Crippen LogP contribution in [-0.2, 0) is 6.42 Å². The Morgan fingerprint density at radius 1 is 1.06 bits per heavy atom. The second-order valence-corrected chi connectivity index (χ2v) is 6.37. The van der Waals surface area contributed by atoms with E-state index in [9.17, 15) is 0 Å². The average Bonchev–Trinajstić information content (AvgIpc) is 2.40. The highest BCUT2D eigenvalue weighted by atomic mass is 79.9. The number of para-hydroxylation sites is 1. The van der Waals surface area contributed by atoms with Crippen LogP contribution in [0, 0.1) is 11.8 Å². The molecule has 0 amide bonds. The van der Waals surface area contributed by atoms with Crippen LogP contribution in [0.5, 0.6) is 0 Å². The van der Waals surface area contributed by atoms with Crippen molar-refractivity contribution in [3.63, 3.8) is 0 Å². The van der Waals surface area contributed by atoms with E-state index in [2.05, 4.69) is 39.4 Å². The van der Waals surface area contributed by atoms with E-state index < -0.39 is 0 Å². The first-order valence-corrected chi connectivity index (χ1v) is 7.65. The lowest BCUT2D eigenvalue weighted by molar-refractivity contribution is 0.252. The van der Waals surface area contributed by atoms with Crippen LogP contribution in [-0.4, -0.2) is 6.54 Å². The van der Waals surface area contributed by atoms with E-state index in [0.717, 1.165) is 11.8 Å². The van der Waals surface area contributed by atoms with Crippen molar-refractivity contribution in [3.8, 4) is 0 Å². The van der Waals surface area contributed by atoms with Gasteiger partial charge in [0.25, 0.3) is 0 Å². The van der Waals surface area contributed by atoms with Crippen molar-refractivity contribution in [3.05, 3.63) is 28.2 Å². The number of benzene rings is 1. The minimum atomic E-state index is 0.858. The fourth-order valence-electron chi connectivity index (χ4n) is 3.46. The van der Waals surface area contributed by atoms with Gasteiger partial charge in [-0.1, -0.05) is 44.2 Å². The maximum atomic E-state index is 3.64. The van der Waals surface area contributed by atoms with E-state index in [1.54, 1.807) is 0 Å². The molecule has 0 saturated heterocycles. The molecule has 1 nitrogen and oxygen atoms in total. The standard InChI is InChI=1S/C15H20BrN/c16-14-8-4-7-12-9-13(10-17-15(12)14)11-5-2-1-3-6-11/h4,7-8,11,13,17H,1-3,5-6,9-10H2. The Morgan fingerprint density at radius 3 is 2.71 bits per heavy atom. The molecule has 0 radical (unpaired) electrons. The van der Waals surface area contributed by atoms with Gasteiger partial charge in [-0.15, -0.1) is 0 Å². The summed E-state index contributed by atoms with van der Waals surface area (Å²) in [5, 5.41) is 3.63. The summed E-state index contributed by atoms with van der Waals surface area (Å²) in [4.78, 5) is 0. The molecule has 17 heavy (non-hydrogen) atoms. The second-order valence-electron chi connectivity index (χ2n) is 5.52. The van der Waals surface area contributed by atoms with Gasteiger partial charge in [0, 0.05) is 11.0 Å². The van der Waals surface area contributed by atoms with Crippen LogP contribution < -0.4 is 5.32 Å². The fourth-order valence-corrected chi connectivity index (χ4v) is 4.01. The zero-order valence-electron chi connectivity index (χ0n) is 10.2. The normalized spacial score (nSPS) is 25.1. The van der Waals surface area contributed by atoms with Gasteiger partial charge in [-0.3, -0.25) is 0 Å². The molecule has 3 rings (SSSR count). The summed E-state index contributed by atoms with van der Waals surface area (Å²) in [6, 6.07) is 6.57. The molecule has 1 aliphatic heterocycles. The third kappa shape index (κ3) is 2.37. The van der Waals surface area contributed by atoms with Gasteiger partial charge in [0.2, 0.25) is 0 Å². The zero-order chi connectivity index (χ0) is 11.7. The number of anilines is 1. The molecule has 1 atom stereocenters. The van der Waals surface area contributed by atoms with Crippen molar-refractivity contribution in [1.29, 1.82) is 0 Å². The Hall–Kier alpha value is -0.500. The number of fused-ring (bicyclic) bond motifs is 1. The third-order valence-electron chi connectivity index (χ3n) is 4.44. The van der Waals surface area contributed by atoms with Gasteiger partial charge >= 0.3 is 0 Å². The third-order valence-corrected chi connectivity index (χ3v) is 5.10. The molecule has 1 saturated carbocycles. The molecule has 1 heterocycles. The Kier molecular flexibility index (Phi) is 3.41. The molecule has 0 bridgehead atoms. The highest BCUT2D eigenvalue weighted by Crippen LogP contribution is 2.38. The number of nitrogens with one attached hydrogen (secondary N) is 1. The first-order chi connectivity index (χ1) is 8.34. The maximum Gasteiger partial charge on any atom is 0.0517 e. The predicted molar refractivity (Wildman–Crippen MR) is 76.4 cm³/mol. The largest absolute Gasteiger partial charge is 0.384 e. The molecule has 1 aromatic carbocycles. The van der Waals surface area contributed by atoms with Gasteiger partial charge in [0.05, 0.1) is 5.69 Å². The number of hydrogen-bond donors (Lipinski definition) is 1. The second kappa shape index (κ2) is 5.01. The SMILES string of the molecule is Brc1cccc2c1NCC(C1CCCCC1)C2. The van der Waals surface area contributed by atoms with Gasteiger partial charge in [0.1, 0.15) is 0 Å². The fraction of sp³-hybridized carbons (Fsp3) is 0.600. The van der Waals surface area contributed by atoms with Gasteiger partial charge in [-0.2, -0.15) is 0 Å². The van der Waals surface area contributed by atoms with Crippen LogP contribution in [0.3, 0.4) is 0 Å². The monoisotopic (exact) mass is 293 g/mol.